The van der Waals surface area contributed by atoms with Gasteiger partial charge in [0.05, 0.1) is 12.0 Å². The van der Waals surface area contributed by atoms with Crippen LogP contribution in [0.2, 0.25) is 0 Å². The lowest BCUT2D eigenvalue weighted by molar-refractivity contribution is 0.0997. The van der Waals surface area contributed by atoms with Crippen LogP contribution in [0.4, 0.5) is 10.1 Å². The largest absolute Gasteiger partial charge is 0.449 e. The van der Waals surface area contributed by atoms with E-state index in [1.807, 2.05) is 44.4 Å². The van der Waals surface area contributed by atoms with E-state index in [4.69, 9.17) is 4.42 Å². The Labute approximate surface area is 198 Å². The Morgan fingerprint density at radius 2 is 1.76 bits per heavy atom. The highest BCUT2D eigenvalue weighted by atomic mass is 19.1. The molecule has 1 amide bonds. The van der Waals surface area contributed by atoms with Crippen LogP contribution in [-0.2, 0) is 0 Å². The lowest BCUT2D eigenvalue weighted by Crippen LogP contribution is -2.13. The molecule has 0 aliphatic heterocycles. The third-order valence-electron chi connectivity index (χ3n) is 6.71. The Morgan fingerprint density at radius 1 is 1.00 bits per heavy atom. The molecule has 2 heterocycles. The maximum Gasteiger partial charge on any atom is 0.291 e. The number of nitrogens with zero attached hydrogens (tertiary/aromatic N) is 2. The van der Waals surface area contributed by atoms with E-state index in [2.05, 4.69) is 14.9 Å². The molecule has 1 saturated carbocycles. The minimum atomic E-state index is -0.304. The predicted molar refractivity (Wildman–Crippen MR) is 131 cm³/mol. The van der Waals surface area contributed by atoms with Crippen LogP contribution in [0.3, 0.4) is 0 Å². The fraction of sp³-hybridized carbons (Fsp3) is 0.286. The lowest BCUT2D eigenvalue weighted by atomic mass is 9.95. The summed E-state index contributed by atoms with van der Waals surface area (Å²) < 4.78 is 21.8. The van der Waals surface area contributed by atoms with Crippen molar-refractivity contribution in [2.75, 3.05) is 5.32 Å². The van der Waals surface area contributed by atoms with Gasteiger partial charge in [-0.25, -0.2) is 9.37 Å². The summed E-state index contributed by atoms with van der Waals surface area (Å²) in [5.41, 5.74) is 5.36. The van der Waals surface area contributed by atoms with E-state index >= 15 is 0 Å². The summed E-state index contributed by atoms with van der Waals surface area (Å²) in [7, 11) is 0. The van der Waals surface area contributed by atoms with Crippen LogP contribution in [0.5, 0.6) is 0 Å². The maximum absolute atomic E-state index is 13.6. The quantitative estimate of drug-likeness (QED) is 0.341. The van der Waals surface area contributed by atoms with Gasteiger partial charge in [-0.05, 0) is 86.3 Å². The van der Waals surface area contributed by atoms with Crippen molar-refractivity contribution in [1.29, 1.82) is 0 Å². The molecule has 5 rings (SSSR count). The predicted octanol–water partition coefficient (Wildman–Crippen LogP) is 7.32. The molecule has 174 valence electrons. The average Bonchev–Trinajstić information content (AvgIpc) is 3.50. The summed E-state index contributed by atoms with van der Waals surface area (Å²) in [6, 6.07) is 16.0. The highest BCUT2D eigenvalue weighted by Gasteiger charge is 2.25. The Bertz CT molecular complexity index is 1310. The first-order chi connectivity index (χ1) is 16.5. The molecule has 2 aromatic heterocycles. The minimum absolute atomic E-state index is 0.231. The molecule has 0 atom stereocenters. The molecule has 2 aromatic carbocycles. The Hall–Kier alpha value is -3.67. The van der Waals surface area contributed by atoms with Gasteiger partial charge in [-0.2, -0.15) is 0 Å². The first-order valence-corrected chi connectivity index (χ1v) is 11.8. The zero-order chi connectivity index (χ0) is 23.7. The number of rotatable bonds is 5. The molecule has 1 aliphatic rings. The van der Waals surface area contributed by atoms with E-state index in [-0.39, 0.29) is 17.5 Å². The van der Waals surface area contributed by atoms with Crippen LogP contribution in [0.1, 0.15) is 59.8 Å². The summed E-state index contributed by atoms with van der Waals surface area (Å²) in [5.74, 6) is 0.212. The van der Waals surface area contributed by atoms with Gasteiger partial charge >= 0.3 is 0 Å². The SMILES string of the molecule is Cc1ccc(NC(=O)c2ccc(-c3c(-c4ccc(F)cc4)ncn3C3CCCCC3)o2)cc1C. The van der Waals surface area contributed by atoms with E-state index in [0.29, 0.717) is 11.8 Å². The monoisotopic (exact) mass is 457 g/mol. The highest BCUT2D eigenvalue weighted by Crippen LogP contribution is 2.38. The molecular weight excluding hydrogens is 429 g/mol. The molecule has 1 aliphatic carbocycles. The molecule has 0 unspecified atom stereocenters. The number of carbonyl (C=O) groups is 1. The summed E-state index contributed by atoms with van der Waals surface area (Å²) in [4.78, 5) is 17.6. The zero-order valence-corrected chi connectivity index (χ0v) is 19.5. The van der Waals surface area contributed by atoms with Crippen molar-refractivity contribution < 1.29 is 13.6 Å². The van der Waals surface area contributed by atoms with Gasteiger partial charge in [0.25, 0.3) is 5.91 Å². The fourth-order valence-corrected chi connectivity index (χ4v) is 4.66. The van der Waals surface area contributed by atoms with Crippen molar-refractivity contribution in [3.63, 3.8) is 0 Å². The van der Waals surface area contributed by atoms with Crippen LogP contribution >= 0.6 is 0 Å². The maximum atomic E-state index is 13.6. The topological polar surface area (TPSA) is 60.1 Å². The van der Waals surface area contributed by atoms with Crippen molar-refractivity contribution in [2.45, 2.75) is 52.0 Å². The number of aromatic nitrogens is 2. The Kier molecular flexibility index (Phi) is 6.05. The number of amides is 1. The minimum Gasteiger partial charge on any atom is -0.449 e. The first kappa shape index (κ1) is 22.1. The van der Waals surface area contributed by atoms with Crippen LogP contribution in [0, 0.1) is 19.7 Å². The van der Waals surface area contributed by atoms with Crippen molar-refractivity contribution in [2.24, 2.45) is 0 Å². The number of aryl methyl sites for hydroxylation is 2. The zero-order valence-electron chi connectivity index (χ0n) is 19.5. The summed E-state index contributed by atoms with van der Waals surface area (Å²) in [6.07, 6.45) is 7.60. The Balaban J connectivity index is 1.49. The number of anilines is 1. The number of halogens is 1. The van der Waals surface area contributed by atoms with Crippen molar-refractivity contribution in [3.8, 4) is 22.7 Å². The standard InChI is InChI=1S/C28H28FN3O2/c1-18-8-13-22(16-19(18)2)31-28(33)25-15-14-24(34-25)27-26(20-9-11-21(29)12-10-20)30-17-32(27)23-6-4-3-5-7-23/h8-17,23H,3-7H2,1-2H3,(H,31,33). The average molecular weight is 458 g/mol. The van der Waals surface area contributed by atoms with Crippen molar-refractivity contribution in [1.82, 2.24) is 9.55 Å². The van der Waals surface area contributed by atoms with Gasteiger partial charge in [0.15, 0.2) is 11.5 Å². The Morgan fingerprint density at radius 3 is 2.50 bits per heavy atom. The van der Waals surface area contributed by atoms with E-state index in [1.54, 1.807) is 18.2 Å². The number of hydrogen-bond acceptors (Lipinski definition) is 3. The number of carbonyl (C=O) groups excluding carboxylic acids is 1. The molecule has 4 aromatic rings. The van der Waals surface area contributed by atoms with Crippen molar-refractivity contribution >= 4 is 11.6 Å². The number of hydrogen-bond donors (Lipinski definition) is 1. The third kappa shape index (κ3) is 4.40. The van der Waals surface area contributed by atoms with E-state index in [0.717, 1.165) is 41.0 Å². The molecule has 0 spiro atoms. The fourth-order valence-electron chi connectivity index (χ4n) is 4.66. The van der Waals surface area contributed by atoms with E-state index in [9.17, 15) is 9.18 Å². The summed E-state index contributed by atoms with van der Waals surface area (Å²) in [5, 5.41) is 2.92. The van der Waals surface area contributed by atoms with E-state index in [1.165, 1.54) is 37.0 Å². The molecule has 0 radical (unpaired) electrons. The van der Waals surface area contributed by atoms with Gasteiger partial charge in [0, 0.05) is 17.3 Å². The van der Waals surface area contributed by atoms with Crippen LogP contribution in [0.25, 0.3) is 22.7 Å². The third-order valence-corrected chi connectivity index (χ3v) is 6.71. The van der Waals surface area contributed by atoms with Gasteiger partial charge in [-0.1, -0.05) is 25.3 Å². The second-order valence-corrected chi connectivity index (χ2v) is 9.06. The molecule has 0 saturated heterocycles. The van der Waals surface area contributed by atoms with Gasteiger partial charge < -0.3 is 14.3 Å². The number of imidazole rings is 1. The van der Waals surface area contributed by atoms with Crippen LogP contribution in [0.15, 0.2) is 65.3 Å². The summed E-state index contributed by atoms with van der Waals surface area (Å²) in [6.45, 7) is 4.05. The van der Waals surface area contributed by atoms with Gasteiger partial charge in [0.1, 0.15) is 11.5 Å². The molecule has 1 fully saturated rings. The van der Waals surface area contributed by atoms with Gasteiger partial charge in [0.2, 0.25) is 0 Å². The molecule has 34 heavy (non-hydrogen) atoms. The van der Waals surface area contributed by atoms with Crippen LogP contribution < -0.4 is 5.32 Å². The number of benzene rings is 2. The highest BCUT2D eigenvalue weighted by molar-refractivity contribution is 6.02. The number of furan rings is 1. The summed E-state index contributed by atoms with van der Waals surface area (Å²) >= 11 is 0. The smallest absolute Gasteiger partial charge is 0.291 e. The first-order valence-electron chi connectivity index (χ1n) is 11.8. The molecule has 0 bridgehead atoms. The second-order valence-electron chi connectivity index (χ2n) is 9.06. The molecular formula is C28H28FN3O2. The van der Waals surface area contributed by atoms with Gasteiger partial charge in [-0.3, -0.25) is 4.79 Å². The lowest BCUT2D eigenvalue weighted by Gasteiger charge is -2.24. The van der Waals surface area contributed by atoms with Gasteiger partial charge in [-0.15, -0.1) is 0 Å². The van der Waals surface area contributed by atoms with Crippen LogP contribution in [-0.4, -0.2) is 15.5 Å². The van der Waals surface area contributed by atoms with Crippen molar-refractivity contribution in [3.05, 3.63) is 83.6 Å². The molecule has 6 heteroatoms. The normalized spacial score (nSPS) is 14.3. The van der Waals surface area contributed by atoms with E-state index < -0.39 is 0 Å². The number of nitrogens with one attached hydrogen (secondary N) is 1. The molecule has 1 N–H and O–H groups in total. The molecule has 5 nitrogen and oxygen atoms in total. The second kappa shape index (κ2) is 9.29.